The molecule has 3 heterocycles. The molecule has 0 bridgehead atoms. The average molecular weight is 481 g/mol. The van der Waals surface area contributed by atoms with Crippen molar-refractivity contribution in [2.45, 2.75) is 51.9 Å². The van der Waals surface area contributed by atoms with Gasteiger partial charge >= 0.3 is 0 Å². The van der Waals surface area contributed by atoms with E-state index in [4.69, 9.17) is 27.7 Å². The van der Waals surface area contributed by atoms with Crippen LogP contribution in [0.25, 0.3) is 16.8 Å². The van der Waals surface area contributed by atoms with Crippen molar-refractivity contribution < 1.29 is 4.52 Å². The Morgan fingerprint density at radius 2 is 1.64 bits per heavy atom. The highest BCUT2D eigenvalue weighted by Gasteiger charge is 2.44. The van der Waals surface area contributed by atoms with Crippen molar-refractivity contribution in [1.82, 2.24) is 15.1 Å². The van der Waals surface area contributed by atoms with Crippen LogP contribution in [-0.2, 0) is 0 Å². The average Bonchev–Trinajstić information content (AvgIpc) is 3.51. The summed E-state index contributed by atoms with van der Waals surface area (Å²) in [7, 11) is 0. The van der Waals surface area contributed by atoms with E-state index < -0.39 is 0 Å². The molecular weight excluding hydrogens is 455 g/mol. The lowest BCUT2D eigenvalue weighted by Gasteiger charge is -2.46. The minimum atomic E-state index is 0.227. The fourth-order valence-electron chi connectivity index (χ4n) is 5.33. The molecule has 1 aromatic carbocycles. The summed E-state index contributed by atoms with van der Waals surface area (Å²) < 4.78 is 5.88. The number of piperidine rings is 1. The van der Waals surface area contributed by atoms with Crippen LogP contribution in [0.1, 0.15) is 60.7 Å². The van der Waals surface area contributed by atoms with Gasteiger partial charge in [-0.15, -0.1) is 0 Å². The maximum absolute atomic E-state index is 6.54. The van der Waals surface area contributed by atoms with Crippen LogP contribution < -0.4 is 4.90 Å². The van der Waals surface area contributed by atoms with E-state index in [0.29, 0.717) is 16.0 Å². The van der Waals surface area contributed by atoms with Crippen molar-refractivity contribution in [1.29, 1.82) is 0 Å². The highest BCUT2D eigenvalue weighted by molar-refractivity contribution is 6.39. The maximum Gasteiger partial charge on any atom is 0.225 e. The Hall–Kier alpha value is -2.37. The van der Waals surface area contributed by atoms with Gasteiger partial charge in [-0.05, 0) is 75.1 Å². The van der Waals surface area contributed by atoms with Crippen LogP contribution in [0.5, 0.6) is 0 Å². The normalized spacial score (nSPS) is 19.5. The molecule has 3 aromatic rings. The van der Waals surface area contributed by atoms with Crippen LogP contribution in [-0.4, -0.2) is 28.2 Å². The molecule has 0 radical (unpaired) electrons. The lowest BCUT2D eigenvalue weighted by Crippen LogP contribution is -2.43. The summed E-state index contributed by atoms with van der Waals surface area (Å²) in [4.78, 5) is 11.6. The van der Waals surface area contributed by atoms with Gasteiger partial charge in [0.05, 0.1) is 10.0 Å². The van der Waals surface area contributed by atoms with Gasteiger partial charge in [-0.1, -0.05) is 40.5 Å². The molecule has 0 N–H and O–H groups in total. The van der Waals surface area contributed by atoms with Gasteiger partial charge in [0.25, 0.3) is 0 Å². The summed E-state index contributed by atoms with van der Waals surface area (Å²) in [6, 6.07) is 7.61. The number of hydrogen-bond acceptors (Lipinski definition) is 5. The molecule has 33 heavy (non-hydrogen) atoms. The summed E-state index contributed by atoms with van der Waals surface area (Å²) in [6.45, 7) is 6.00. The second kappa shape index (κ2) is 7.85. The van der Waals surface area contributed by atoms with Crippen LogP contribution >= 0.6 is 23.2 Å². The number of allylic oxidation sites excluding steroid dienone is 2. The van der Waals surface area contributed by atoms with Crippen molar-refractivity contribution in [3.8, 4) is 11.3 Å². The first-order chi connectivity index (χ1) is 15.9. The topological polar surface area (TPSA) is 55.1 Å². The molecule has 170 valence electrons. The second-order valence-electron chi connectivity index (χ2n) is 9.79. The first-order valence-corrected chi connectivity index (χ1v) is 12.4. The van der Waals surface area contributed by atoms with Crippen LogP contribution in [0.4, 0.5) is 5.95 Å². The first kappa shape index (κ1) is 21.2. The van der Waals surface area contributed by atoms with Gasteiger partial charge in [0.2, 0.25) is 5.95 Å². The standard InChI is InChI=1S/C26H26Cl2N4O/c1-15-12-16(2)30-25(29-15)32-10-8-26(9-11-32)13-18(14-26)21-23(31-33-24(21)17-6-7-17)22-19(27)4-3-5-20(22)28/h3-5,12-13,17H,6-11,14H2,1-2H3. The lowest BCUT2D eigenvalue weighted by atomic mass is 9.63. The smallest absolute Gasteiger partial charge is 0.225 e. The Balaban J connectivity index is 1.28. The SMILES string of the molecule is Cc1cc(C)nc(N2CCC3(C=C(c4c(-c5c(Cl)cccc5Cl)noc4C4CC4)C3)CC2)n1. The fraction of sp³-hybridized carbons (Fsp3) is 0.423. The molecule has 1 aliphatic heterocycles. The van der Waals surface area contributed by atoms with E-state index in [1.165, 1.54) is 5.57 Å². The zero-order valence-electron chi connectivity index (χ0n) is 18.9. The highest BCUT2D eigenvalue weighted by Crippen LogP contribution is 2.56. The van der Waals surface area contributed by atoms with Gasteiger partial charge < -0.3 is 9.42 Å². The van der Waals surface area contributed by atoms with Crippen molar-refractivity contribution in [2.24, 2.45) is 5.41 Å². The molecular formula is C26H26Cl2N4O. The summed E-state index contributed by atoms with van der Waals surface area (Å²) in [6.07, 6.45) is 7.99. The largest absolute Gasteiger partial charge is 0.360 e. The van der Waals surface area contributed by atoms with Gasteiger partial charge in [-0.2, -0.15) is 0 Å². The molecule has 7 heteroatoms. The first-order valence-electron chi connectivity index (χ1n) is 11.7. The van der Waals surface area contributed by atoms with Gasteiger partial charge in [-0.25, -0.2) is 9.97 Å². The Morgan fingerprint density at radius 3 is 2.24 bits per heavy atom. The van der Waals surface area contributed by atoms with Crippen LogP contribution in [0.2, 0.25) is 10.0 Å². The van der Waals surface area contributed by atoms with Gasteiger partial charge in [0, 0.05) is 41.5 Å². The molecule has 0 atom stereocenters. The van der Waals surface area contributed by atoms with E-state index in [0.717, 1.165) is 85.1 Å². The fourth-order valence-corrected chi connectivity index (χ4v) is 5.91. The summed E-state index contributed by atoms with van der Waals surface area (Å²) in [5.41, 5.74) is 6.27. The molecule has 5 nitrogen and oxygen atoms in total. The van der Waals surface area contributed by atoms with Crippen LogP contribution in [0.3, 0.4) is 0 Å². The monoisotopic (exact) mass is 480 g/mol. The molecule has 2 aliphatic carbocycles. The van der Waals surface area contributed by atoms with Crippen LogP contribution in [0.15, 0.2) is 34.9 Å². The molecule has 0 unspecified atom stereocenters. The Bertz CT molecular complexity index is 1230. The van der Waals surface area contributed by atoms with Gasteiger partial charge in [-0.3, -0.25) is 0 Å². The van der Waals surface area contributed by atoms with Crippen molar-refractivity contribution >= 4 is 34.7 Å². The van der Waals surface area contributed by atoms with Crippen molar-refractivity contribution in [3.05, 3.63) is 63.1 Å². The predicted molar refractivity (Wildman–Crippen MR) is 132 cm³/mol. The molecule has 1 saturated heterocycles. The summed E-state index contributed by atoms with van der Waals surface area (Å²) >= 11 is 13.1. The molecule has 1 saturated carbocycles. The number of aryl methyl sites for hydroxylation is 2. The maximum atomic E-state index is 6.54. The third-order valence-electron chi connectivity index (χ3n) is 7.22. The van der Waals surface area contributed by atoms with Crippen LogP contribution in [0, 0.1) is 19.3 Å². The third kappa shape index (κ3) is 3.75. The number of aromatic nitrogens is 3. The Labute approximate surface area is 203 Å². The number of halogens is 2. The third-order valence-corrected chi connectivity index (χ3v) is 7.85. The quantitative estimate of drug-likeness (QED) is 0.401. The molecule has 6 rings (SSSR count). The summed E-state index contributed by atoms with van der Waals surface area (Å²) in [5.74, 6) is 2.32. The number of anilines is 1. The van der Waals surface area contributed by atoms with Crippen molar-refractivity contribution in [2.75, 3.05) is 18.0 Å². The van der Waals surface area contributed by atoms with E-state index in [2.05, 4.69) is 26.1 Å². The summed E-state index contributed by atoms with van der Waals surface area (Å²) in [5, 5.41) is 5.68. The van der Waals surface area contributed by atoms with E-state index >= 15 is 0 Å². The van der Waals surface area contributed by atoms with E-state index in [1.54, 1.807) is 0 Å². The van der Waals surface area contributed by atoms with Crippen molar-refractivity contribution in [3.63, 3.8) is 0 Å². The zero-order valence-corrected chi connectivity index (χ0v) is 20.4. The minimum Gasteiger partial charge on any atom is -0.360 e. The lowest BCUT2D eigenvalue weighted by molar-refractivity contribution is 0.276. The highest BCUT2D eigenvalue weighted by atomic mass is 35.5. The molecule has 2 fully saturated rings. The number of benzene rings is 1. The van der Waals surface area contributed by atoms with E-state index in [1.807, 2.05) is 38.1 Å². The number of rotatable bonds is 4. The minimum absolute atomic E-state index is 0.227. The van der Waals surface area contributed by atoms with Gasteiger partial charge in [0.15, 0.2) is 0 Å². The Morgan fingerprint density at radius 1 is 1.00 bits per heavy atom. The van der Waals surface area contributed by atoms with E-state index in [9.17, 15) is 0 Å². The second-order valence-corrected chi connectivity index (χ2v) is 10.6. The van der Waals surface area contributed by atoms with E-state index in [-0.39, 0.29) is 5.41 Å². The number of hydrogen-bond donors (Lipinski definition) is 0. The number of nitrogens with zero attached hydrogens (tertiary/aromatic N) is 4. The molecule has 1 spiro atoms. The Kier molecular flexibility index (Phi) is 5.04. The zero-order chi connectivity index (χ0) is 22.7. The predicted octanol–water partition coefficient (Wildman–Crippen LogP) is 7.01. The molecule has 2 aromatic heterocycles. The molecule has 0 amide bonds. The molecule has 3 aliphatic rings. The van der Waals surface area contributed by atoms with Gasteiger partial charge in [0.1, 0.15) is 11.5 Å².